The number of amides is 1. The number of hydrogen-bond acceptors (Lipinski definition) is 4. The summed E-state index contributed by atoms with van der Waals surface area (Å²) in [6, 6.07) is 11.4. The number of carbonyl (C=O) groups excluding carboxylic acids is 1. The van der Waals surface area contributed by atoms with Gasteiger partial charge in [0.15, 0.2) is 0 Å². The van der Waals surface area contributed by atoms with E-state index in [0.29, 0.717) is 22.3 Å². The largest absolute Gasteiger partial charge is 0.492 e. The average Bonchev–Trinajstić information content (AvgIpc) is 2.67. The molecule has 0 saturated carbocycles. The first-order valence-electron chi connectivity index (χ1n) is 11.0. The maximum Gasteiger partial charge on any atom is 0.265 e. The van der Waals surface area contributed by atoms with Crippen LogP contribution < -0.4 is 20.1 Å². The highest BCUT2D eigenvalue weighted by Gasteiger charge is 2.42. The van der Waals surface area contributed by atoms with Gasteiger partial charge in [-0.3, -0.25) is 9.52 Å². The van der Waals surface area contributed by atoms with Gasteiger partial charge in [-0.15, -0.1) is 0 Å². The van der Waals surface area contributed by atoms with Crippen LogP contribution in [0.1, 0.15) is 57.8 Å². The van der Waals surface area contributed by atoms with Crippen LogP contribution in [0.2, 0.25) is 0 Å². The molecule has 4 N–H and O–H groups in total. The molecule has 0 aromatic heterocycles. The maximum absolute atomic E-state index is 13.0. The highest BCUT2D eigenvalue weighted by atomic mass is 79.9. The normalized spacial score (nSPS) is 17.9. The standard InChI is InChI=1S/C24H32BrN3O4S/c1-6-32-20-12-9-17(25)13-21(20)33(30,31)27-18-10-7-16(8-11-18)22(29)26-19-14-23(2,3)28-24(4,5)15-19/h7-13,19,27-28H,6,14-15H2,1-5H3,(H,26,29)/p+1. The lowest BCUT2D eigenvalue weighted by Crippen LogP contribution is -3.06. The summed E-state index contributed by atoms with van der Waals surface area (Å²) < 4.78 is 34.6. The molecule has 1 saturated heterocycles. The minimum Gasteiger partial charge on any atom is -0.492 e. The van der Waals surface area contributed by atoms with Gasteiger partial charge in [-0.05, 0) is 77.1 Å². The zero-order valence-corrected chi connectivity index (χ0v) is 22.1. The molecule has 2 aromatic rings. The number of ether oxygens (including phenoxy) is 1. The first kappa shape index (κ1) is 25.5. The van der Waals surface area contributed by atoms with Gasteiger partial charge in [0, 0.05) is 34.6 Å². The second-order valence-electron chi connectivity index (χ2n) is 9.91. The van der Waals surface area contributed by atoms with Crippen LogP contribution >= 0.6 is 15.9 Å². The van der Waals surface area contributed by atoms with Gasteiger partial charge >= 0.3 is 0 Å². The number of carbonyl (C=O) groups is 1. The second-order valence-corrected chi connectivity index (χ2v) is 12.5. The van der Waals surface area contributed by atoms with Gasteiger partial charge in [0.2, 0.25) is 0 Å². The molecule has 1 aliphatic rings. The molecule has 0 bridgehead atoms. The summed E-state index contributed by atoms with van der Waals surface area (Å²) in [5.41, 5.74) is 0.951. The van der Waals surface area contributed by atoms with Crippen molar-refractivity contribution in [3.05, 3.63) is 52.5 Å². The summed E-state index contributed by atoms with van der Waals surface area (Å²) in [6.07, 6.45) is 1.77. The topological polar surface area (TPSA) is 101 Å². The molecule has 9 heteroatoms. The van der Waals surface area contributed by atoms with E-state index in [1.807, 2.05) is 0 Å². The molecule has 1 amide bonds. The number of nitrogens with one attached hydrogen (secondary N) is 2. The second kappa shape index (κ2) is 9.64. The molecule has 0 aliphatic carbocycles. The Hall–Kier alpha value is -2.10. The Labute approximate surface area is 204 Å². The van der Waals surface area contributed by atoms with Gasteiger partial charge in [-0.1, -0.05) is 15.9 Å². The average molecular weight is 540 g/mol. The van der Waals surface area contributed by atoms with E-state index in [0.717, 1.165) is 12.8 Å². The van der Waals surface area contributed by atoms with E-state index in [9.17, 15) is 13.2 Å². The minimum atomic E-state index is -3.88. The van der Waals surface area contributed by atoms with Crippen molar-refractivity contribution in [3.63, 3.8) is 0 Å². The Kier molecular flexibility index (Phi) is 7.45. The molecule has 1 fully saturated rings. The van der Waals surface area contributed by atoms with E-state index in [-0.39, 0.29) is 33.7 Å². The van der Waals surface area contributed by atoms with E-state index >= 15 is 0 Å². The number of sulfonamides is 1. The molecule has 33 heavy (non-hydrogen) atoms. The van der Waals surface area contributed by atoms with Gasteiger partial charge in [-0.2, -0.15) is 0 Å². The molecular weight excluding hydrogens is 506 g/mol. The molecule has 2 aromatic carbocycles. The van der Waals surface area contributed by atoms with Crippen LogP contribution in [0.5, 0.6) is 5.75 Å². The number of quaternary nitrogens is 1. The molecule has 1 aliphatic heterocycles. The zero-order valence-electron chi connectivity index (χ0n) is 19.7. The molecule has 180 valence electrons. The summed E-state index contributed by atoms with van der Waals surface area (Å²) in [7, 11) is -3.88. The summed E-state index contributed by atoms with van der Waals surface area (Å²) in [5.74, 6) is 0.119. The van der Waals surface area contributed by atoms with Crippen molar-refractivity contribution >= 4 is 37.5 Å². The zero-order chi connectivity index (χ0) is 24.4. The first-order chi connectivity index (χ1) is 15.3. The van der Waals surface area contributed by atoms with Crippen molar-refractivity contribution in [1.29, 1.82) is 0 Å². The predicted octanol–water partition coefficient (Wildman–Crippen LogP) is 3.66. The SMILES string of the molecule is CCOc1ccc(Br)cc1S(=O)(=O)Nc1ccc(C(=O)NC2CC(C)(C)[NH2+]C(C)(C)C2)cc1. The van der Waals surface area contributed by atoms with Crippen LogP contribution in [0, 0.1) is 0 Å². The highest BCUT2D eigenvalue weighted by molar-refractivity contribution is 9.10. The van der Waals surface area contributed by atoms with Crippen LogP contribution in [0.4, 0.5) is 5.69 Å². The molecule has 0 atom stereocenters. The minimum absolute atomic E-state index is 0.0416. The lowest BCUT2D eigenvalue weighted by Gasteiger charge is -2.43. The van der Waals surface area contributed by atoms with E-state index < -0.39 is 10.0 Å². The third-order valence-electron chi connectivity index (χ3n) is 5.56. The van der Waals surface area contributed by atoms with Crippen molar-refractivity contribution in [2.75, 3.05) is 11.3 Å². The molecule has 0 radical (unpaired) electrons. The van der Waals surface area contributed by atoms with Crippen molar-refractivity contribution in [1.82, 2.24) is 5.32 Å². The number of piperidine rings is 1. The quantitative estimate of drug-likeness (QED) is 0.500. The summed E-state index contributed by atoms with van der Waals surface area (Å²) in [6.45, 7) is 10.9. The molecule has 7 nitrogen and oxygen atoms in total. The van der Waals surface area contributed by atoms with E-state index in [1.54, 1.807) is 43.3 Å². The number of anilines is 1. The lowest BCUT2D eigenvalue weighted by atomic mass is 9.79. The summed E-state index contributed by atoms with van der Waals surface area (Å²) in [5, 5.41) is 5.52. The third kappa shape index (κ3) is 6.71. The van der Waals surface area contributed by atoms with E-state index in [1.165, 1.54) is 6.07 Å². The van der Waals surface area contributed by atoms with Gasteiger partial charge in [0.1, 0.15) is 10.6 Å². The van der Waals surface area contributed by atoms with Gasteiger partial charge in [-0.25, -0.2) is 8.42 Å². The Balaban J connectivity index is 1.72. The van der Waals surface area contributed by atoms with Gasteiger partial charge < -0.3 is 15.4 Å². The number of benzene rings is 2. The van der Waals surface area contributed by atoms with Crippen molar-refractivity contribution < 1.29 is 23.3 Å². The lowest BCUT2D eigenvalue weighted by molar-refractivity contribution is -0.787. The van der Waals surface area contributed by atoms with E-state index in [4.69, 9.17) is 4.74 Å². The number of hydrogen-bond donors (Lipinski definition) is 3. The van der Waals surface area contributed by atoms with Crippen LogP contribution in [-0.2, 0) is 10.0 Å². The molecular formula is C24H33BrN3O4S+. The number of halogens is 1. The molecule has 0 spiro atoms. The fourth-order valence-corrected chi connectivity index (χ4v) is 6.50. The van der Waals surface area contributed by atoms with Crippen molar-refractivity contribution in [2.45, 2.75) is 69.5 Å². The molecule has 1 heterocycles. The smallest absolute Gasteiger partial charge is 0.265 e. The molecule has 3 rings (SSSR count). The summed E-state index contributed by atoms with van der Waals surface area (Å²) in [4.78, 5) is 12.9. The Bertz CT molecular complexity index is 1100. The third-order valence-corrected chi connectivity index (χ3v) is 7.45. The Morgan fingerprint density at radius 3 is 2.27 bits per heavy atom. The van der Waals surface area contributed by atoms with Crippen LogP contribution in [-0.4, -0.2) is 38.1 Å². The highest BCUT2D eigenvalue weighted by Crippen LogP contribution is 2.29. The number of nitrogens with two attached hydrogens (primary N) is 1. The fourth-order valence-electron chi connectivity index (χ4n) is 4.76. The summed E-state index contributed by atoms with van der Waals surface area (Å²) >= 11 is 3.31. The van der Waals surface area contributed by atoms with Crippen LogP contribution in [0.3, 0.4) is 0 Å². The van der Waals surface area contributed by atoms with Crippen LogP contribution in [0.15, 0.2) is 51.8 Å². The monoisotopic (exact) mass is 538 g/mol. The Morgan fingerprint density at radius 2 is 1.70 bits per heavy atom. The fraction of sp³-hybridized carbons (Fsp3) is 0.458. The van der Waals surface area contributed by atoms with Crippen molar-refractivity contribution in [2.24, 2.45) is 0 Å². The maximum atomic E-state index is 13.0. The van der Waals surface area contributed by atoms with Crippen LogP contribution in [0.25, 0.3) is 0 Å². The van der Waals surface area contributed by atoms with E-state index in [2.05, 4.69) is 59.0 Å². The predicted molar refractivity (Wildman–Crippen MR) is 133 cm³/mol. The first-order valence-corrected chi connectivity index (χ1v) is 13.3. The Morgan fingerprint density at radius 1 is 1.09 bits per heavy atom. The van der Waals surface area contributed by atoms with Gasteiger partial charge in [0.25, 0.3) is 15.9 Å². The van der Waals surface area contributed by atoms with Crippen molar-refractivity contribution in [3.8, 4) is 5.75 Å². The van der Waals surface area contributed by atoms with Gasteiger partial charge in [0.05, 0.1) is 17.7 Å². The number of rotatable bonds is 7. The molecule has 0 unspecified atom stereocenters.